The summed E-state index contributed by atoms with van der Waals surface area (Å²) in [4.78, 5) is 12.8. The molecule has 3 N–H and O–H groups in total. The van der Waals surface area contributed by atoms with Crippen molar-refractivity contribution in [2.45, 2.75) is 31.8 Å². The van der Waals surface area contributed by atoms with E-state index in [-0.39, 0.29) is 6.04 Å². The second-order valence-electron chi connectivity index (χ2n) is 4.75. The maximum absolute atomic E-state index is 10.8. The highest BCUT2D eigenvalue weighted by molar-refractivity contribution is 5.73. The molecule has 0 heterocycles. The summed E-state index contributed by atoms with van der Waals surface area (Å²) in [5.41, 5.74) is 8.00. The Bertz CT molecular complexity index is 387. The summed E-state index contributed by atoms with van der Waals surface area (Å²) >= 11 is 0. The van der Waals surface area contributed by atoms with Crippen molar-refractivity contribution in [2.24, 2.45) is 5.73 Å². The monoisotopic (exact) mass is 250 g/mol. The molecule has 0 amide bonds. The molecule has 0 fully saturated rings. The standard InChI is InChI=1S/C14H22N2O2/c1-4-10-5-7-11(8-6-10)13(16(2)3)9-12(15)14(17)18/h5-8,12-13H,4,9,15H2,1-3H3,(H,17,18). The van der Waals surface area contributed by atoms with Crippen LogP contribution in [-0.2, 0) is 11.2 Å². The minimum absolute atomic E-state index is 0.0296. The van der Waals surface area contributed by atoms with E-state index in [0.29, 0.717) is 6.42 Å². The van der Waals surface area contributed by atoms with Crippen LogP contribution in [0.3, 0.4) is 0 Å². The van der Waals surface area contributed by atoms with E-state index in [9.17, 15) is 4.79 Å². The van der Waals surface area contributed by atoms with Crippen LogP contribution < -0.4 is 5.73 Å². The van der Waals surface area contributed by atoms with E-state index in [0.717, 1.165) is 12.0 Å². The van der Waals surface area contributed by atoms with Crippen molar-refractivity contribution in [3.63, 3.8) is 0 Å². The van der Waals surface area contributed by atoms with Crippen molar-refractivity contribution in [3.8, 4) is 0 Å². The molecule has 4 nitrogen and oxygen atoms in total. The molecule has 4 heteroatoms. The molecule has 2 atom stereocenters. The zero-order valence-corrected chi connectivity index (χ0v) is 11.3. The summed E-state index contributed by atoms with van der Waals surface area (Å²) < 4.78 is 0. The first-order valence-corrected chi connectivity index (χ1v) is 6.19. The third-order valence-corrected chi connectivity index (χ3v) is 3.19. The largest absolute Gasteiger partial charge is 0.480 e. The maximum atomic E-state index is 10.8. The molecule has 2 unspecified atom stereocenters. The van der Waals surface area contributed by atoms with Gasteiger partial charge < -0.3 is 15.7 Å². The first-order valence-electron chi connectivity index (χ1n) is 6.19. The predicted octanol–water partition coefficient (Wildman–Crippen LogP) is 1.65. The van der Waals surface area contributed by atoms with Gasteiger partial charge in [0.15, 0.2) is 0 Å². The van der Waals surface area contributed by atoms with Gasteiger partial charge in [0.25, 0.3) is 0 Å². The Labute approximate surface area is 108 Å². The lowest BCUT2D eigenvalue weighted by Crippen LogP contribution is -2.35. The Hall–Kier alpha value is -1.39. The summed E-state index contributed by atoms with van der Waals surface area (Å²) in [6.07, 6.45) is 1.41. The number of aryl methyl sites for hydroxylation is 1. The van der Waals surface area contributed by atoms with E-state index in [1.54, 1.807) is 0 Å². The lowest BCUT2D eigenvalue weighted by Gasteiger charge is -2.26. The topological polar surface area (TPSA) is 66.6 Å². The molecular weight excluding hydrogens is 228 g/mol. The number of carboxylic acids is 1. The minimum Gasteiger partial charge on any atom is -0.480 e. The number of aliphatic carboxylic acids is 1. The first kappa shape index (κ1) is 14.7. The molecule has 1 aromatic rings. The van der Waals surface area contributed by atoms with Gasteiger partial charge in [-0.2, -0.15) is 0 Å². The molecule has 18 heavy (non-hydrogen) atoms. The molecule has 0 spiro atoms. The van der Waals surface area contributed by atoms with Crippen molar-refractivity contribution in [1.82, 2.24) is 4.90 Å². The normalized spacial score (nSPS) is 14.5. The van der Waals surface area contributed by atoms with Crippen LogP contribution in [0, 0.1) is 0 Å². The Morgan fingerprint density at radius 2 is 1.89 bits per heavy atom. The number of benzene rings is 1. The fourth-order valence-electron chi connectivity index (χ4n) is 1.96. The molecule has 0 aromatic heterocycles. The SMILES string of the molecule is CCc1ccc(C(CC(N)C(=O)O)N(C)C)cc1. The van der Waals surface area contributed by atoms with E-state index in [1.165, 1.54) is 5.56 Å². The van der Waals surface area contributed by atoms with Crippen LogP contribution in [0.25, 0.3) is 0 Å². The number of nitrogens with two attached hydrogens (primary N) is 1. The van der Waals surface area contributed by atoms with Crippen molar-refractivity contribution in [1.29, 1.82) is 0 Å². The van der Waals surface area contributed by atoms with E-state index in [2.05, 4.69) is 31.2 Å². The second-order valence-corrected chi connectivity index (χ2v) is 4.75. The van der Waals surface area contributed by atoms with Crippen LogP contribution in [0.15, 0.2) is 24.3 Å². The summed E-state index contributed by atoms with van der Waals surface area (Å²) in [5.74, 6) is -0.952. The molecule has 0 bridgehead atoms. The van der Waals surface area contributed by atoms with Gasteiger partial charge in [0, 0.05) is 6.04 Å². The number of rotatable bonds is 6. The third kappa shape index (κ3) is 3.82. The zero-order valence-electron chi connectivity index (χ0n) is 11.3. The molecule has 0 aliphatic carbocycles. The number of carboxylic acid groups (broad SMARTS) is 1. The number of carbonyl (C=O) groups is 1. The van der Waals surface area contributed by atoms with Gasteiger partial charge in [-0.1, -0.05) is 31.2 Å². The predicted molar refractivity (Wildman–Crippen MR) is 72.5 cm³/mol. The average Bonchev–Trinajstić information content (AvgIpc) is 2.35. The van der Waals surface area contributed by atoms with E-state index in [4.69, 9.17) is 10.8 Å². The summed E-state index contributed by atoms with van der Waals surface area (Å²) in [6, 6.07) is 7.47. The van der Waals surface area contributed by atoms with E-state index >= 15 is 0 Å². The van der Waals surface area contributed by atoms with Gasteiger partial charge >= 0.3 is 5.97 Å². The van der Waals surface area contributed by atoms with Gasteiger partial charge in [-0.15, -0.1) is 0 Å². The highest BCUT2D eigenvalue weighted by Gasteiger charge is 2.21. The van der Waals surface area contributed by atoms with Crippen molar-refractivity contribution in [3.05, 3.63) is 35.4 Å². The number of hydrogen-bond acceptors (Lipinski definition) is 3. The maximum Gasteiger partial charge on any atom is 0.320 e. The number of nitrogens with zero attached hydrogens (tertiary/aromatic N) is 1. The van der Waals surface area contributed by atoms with Crippen LogP contribution in [-0.4, -0.2) is 36.1 Å². The molecule has 0 radical (unpaired) electrons. The fourth-order valence-corrected chi connectivity index (χ4v) is 1.96. The third-order valence-electron chi connectivity index (χ3n) is 3.19. The zero-order chi connectivity index (χ0) is 13.7. The van der Waals surface area contributed by atoms with Crippen molar-refractivity contribution in [2.75, 3.05) is 14.1 Å². The van der Waals surface area contributed by atoms with Gasteiger partial charge in [0.2, 0.25) is 0 Å². The molecule has 1 rings (SSSR count). The van der Waals surface area contributed by atoms with E-state index < -0.39 is 12.0 Å². The minimum atomic E-state index is -0.952. The highest BCUT2D eigenvalue weighted by atomic mass is 16.4. The Balaban J connectivity index is 2.86. The van der Waals surface area contributed by atoms with Gasteiger partial charge in [-0.3, -0.25) is 4.79 Å². The molecule has 1 aromatic carbocycles. The molecule has 0 saturated heterocycles. The smallest absolute Gasteiger partial charge is 0.320 e. The summed E-state index contributed by atoms with van der Waals surface area (Å²) in [6.45, 7) is 2.11. The van der Waals surface area contributed by atoms with Crippen LogP contribution in [0.2, 0.25) is 0 Å². The van der Waals surface area contributed by atoms with Crippen molar-refractivity contribution < 1.29 is 9.90 Å². The summed E-state index contributed by atoms with van der Waals surface area (Å²) in [5, 5.41) is 8.90. The first-order chi connectivity index (χ1) is 8.45. The average molecular weight is 250 g/mol. The molecule has 0 aliphatic heterocycles. The van der Waals surface area contributed by atoms with Gasteiger partial charge in [0.1, 0.15) is 6.04 Å². The van der Waals surface area contributed by atoms with E-state index in [1.807, 2.05) is 19.0 Å². The molecule has 0 saturated carbocycles. The highest BCUT2D eigenvalue weighted by Crippen LogP contribution is 2.23. The lowest BCUT2D eigenvalue weighted by atomic mass is 9.97. The Morgan fingerprint density at radius 3 is 2.28 bits per heavy atom. The molecule has 100 valence electrons. The van der Waals surface area contributed by atoms with Crippen LogP contribution in [0.1, 0.15) is 30.5 Å². The van der Waals surface area contributed by atoms with Gasteiger partial charge in [-0.05, 0) is 38.1 Å². The van der Waals surface area contributed by atoms with Crippen LogP contribution >= 0.6 is 0 Å². The Morgan fingerprint density at radius 1 is 1.33 bits per heavy atom. The number of hydrogen-bond donors (Lipinski definition) is 2. The van der Waals surface area contributed by atoms with Crippen LogP contribution in [0.4, 0.5) is 0 Å². The van der Waals surface area contributed by atoms with Crippen molar-refractivity contribution >= 4 is 5.97 Å². The van der Waals surface area contributed by atoms with Gasteiger partial charge in [-0.25, -0.2) is 0 Å². The summed E-state index contributed by atoms with van der Waals surface area (Å²) in [7, 11) is 3.87. The lowest BCUT2D eigenvalue weighted by molar-refractivity contribution is -0.139. The Kier molecular flexibility index (Phi) is 5.31. The second kappa shape index (κ2) is 6.52. The van der Waals surface area contributed by atoms with Crippen LogP contribution in [0.5, 0.6) is 0 Å². The molecular formula is C14H22N2O2. The fraction of sp³-hybridized carbons (Fsp3) is 0.500. The molecule has 0 aliphatic rings. The van der Waals surface area contributed by atoms with Gasteiger partial charge in [0.05, 0.1) is 0 Å². The quantitative estimate of drug-likeness (QED) is 0.805.